The average Bonchev–Trinajstić information content (AvgIpc) is 2.53. The molecular formula is C15H19Cl2F3N4O2. The van der Waals surface area contributed by atoms with Crippen molar-refractivity contribution in [1.82, 2.24) is 20.9 Å². The van der Waals surface area contributed by atoms with Crippen LogP contribution in [0.4, 0.5) is 18.0 Å². The third kappa shape index (κ3) is 7.36. The first-order valence-electron chi connectivity index (χ1n) is 7.59. The number of rotatable bonds is 4. The van der Waals surface area contributed by atoms with E-state index in [1.807, 2.05) is 16.3 Å². The van der Waals surface area contributed by atoms with Crippen LogP contribution < -0.4 is 16.0 Å². The lowest BCUT2D eigenvalue weighted by Crippen LogP contribution is -2.51. The minimum absolute atomic E-state index is 0. The standard InChI is InChI=1S/C15H18ClF3N4O2.ClH/c16-11-3-1-2-10(6-11)12-7-20-4-5-23(12)8-13(24)22-14(25)21-9-15(17,18)19;/h1-3,6,12,20H,4-5,7-9H2,(H2,21,22,24,25);1H. The zero-order valence-electron chi connectivity index (χ0n) is 13.6. The monoisotopic (exact) mass is 414 g/mol. The number of alkyl halides is 3. The summed E-state index contributed by atoms with van der Waals surface area (Å²) in [5, 5.41) is 7.28. The fourth-order valence-corrected chi connectivity index (χ4v) is 2.75. The van der Waals surface area contributed by atoms with Crippen molar-refractivity contribution in [2.45, 2.75) is 12.2 Å². The Kier molecular flexibility index (Phi) is 8.61. The second-order valence-electron chi connectivity index (χ2n) is 5.59. The number of imide groups is 1. The van der Waals surface area contributed by atoms with Crippen LogP contribution in [0.25, 0.3) is 0 Å². The molecule has 3 amide bonds. The predicted octanol–water partition coefficient (Wildman–Crippen LogP) is 2.10. The lowest BCUT2D eigenvalue weighted by molar-refractivity contribution is -0.125. The van der Waals surface area contributed by atoms with Crippen LogP contribution in [0, 0.1) is 0 Å². The van der Waals surface area contributed by atoms with E-state index in [1.54, 1.807) is 23.5 Å². The van der Waals surface area contributed by atoms with E-state index in [2.05, 4.69) is 5.32 Å². The number of nitrogens with one attached hydrogen (secondary N) is 3. The maximum Gasteiger partial charge on any atom is 0.405 e. The molecule has 0 aliphatic carbocycles. The number of hydrogen-bond donors (Lipinski definition) is 3. The summed E-state index contributed by atoms with van der Waals surface area (Å²) in [5.74, 6) is -0.673. The fraction of sp³-hybridized carbons (Fsp3) is 0.467. The van der Waals surface area contributed by atoms with Crippen LogP contribution in [0.2, 0.25) is 5.02 Å². The van der Waals surface area contributed by atoms with Gasteiger partial charge in [-0.05, 0) is 17.7 Å². The molecule has 0 spiro atoms. The molecule has 1 fully saturated rings. The summed E-state index contributed by atoms with van der Waals surface area (Å²) in [6.45, 7) is 0.191. The van der Waals surface area contributed by atoms with Crippen LogP contribution in [-0.2, 0) is 4.79 Å². The van der Waals surface area contributed by atoms with E-state index in [-0.39, 0.29) is 25.0 Å². The van der Waals surface area contributed by atoms with Gasteiger partial charge in [0.1, 0.15) is 6.54 Å². The Labute approximate surface area is 159 Å². The Morgan fingerprint density at radius 2 is 2.08 bits per heavy atom. The van der Waals surface area contributed by atoms with Crippen LogP contribution in [0.5, 0.6) is 0 Å². The second kappa shape index (κ2) is 9.96. The Balaban J connectivity index is 0.00000338. The number of amides is 3. The van der Waals surface area contributed by atoms with Gasteiger partial charge in [0, 0.05) is 30.7 Å². The van der Waals surface area contributed by atoms with Crippen molar-refractivity contribution in [3.8, 4) is 0 Å². The van der Waals surface area contributed by atoms with E-state index < -0.39 is 24.7 Å². The van der Waals surface area contributed by atoms with E-state index in [9.17, 15) is 22.8 Å². The van der Waals surface area contributed by atoms with Crippen LogP contribution >= 0.6 is 24.0 Å². The molecule has 11 heteroatoms. The molecule has 1 heterocycles. The van der Waals surface area contributed by atoms with Gasteiger partial charge in [-0.3, -0.25) is 15.0 Å². The normalized spacial score (nSPS) is 17.9. The number of urea groups is 1. The summed E-state index contributed by atoms with van der Waals surface area (Å²) in [6, 6.07) is 5.91. The molecule has 146 valence electrons. The lowest BCUT2D eigenvalue weighted by Gasteiger charge is -2.36. The first-order valence-corrected chi connectivity index (χ1v) is 7.97. The number of hydrogen-bond acceptors (Lipinski definition) is 4. The molecule has 1 unspecified atom stereocenters. The number of halogens is 5. The smallest absolute Gasteiger partial charge is 0.329 e. The van der Waals surface area contributed by atoms with E-state index in [1.165, 1.54) is 0 Å². The van der Waals surface area contributed by atoms with Crippen molar-refractivity contribution in [3.05, 3.63) is 34.9 Å². The summed E-state index contributed by atoms with van der Waals surface area (Å²) in [6.07, 6.45) is -4.53. The largest absolute Gasteiger partial charge is 0.405 e. The molecule has 0 radical (unpaired) electrons. The summed E-state index contributed by atoms with van der Waals surface area (Å²) >= 11 is 5.99. The number of nitrogens with zero attached hydrogens (tertiary/aromatic N) is 1. The number of carbonyl (C=O) groups is 2. The highest BCUT2D eigenvalue weighted by atomic mass is 35.5. The van der Waals surface area contributed by atoms with E-state index in [0.717, 1.165) is 5.56 Å². The predicted molar refractivity (Wildman–Crippen MR) is 93.5 cm³/mol. The highest BCUT2D eigenvalue weighted by Gasteiger charge is 2.29. The summed E-state index contributed by atoms with van der Waals surface area (Å²) in [7, 11) is 0. The van der Waals surface area contributed by atoms with Crippen molar-refractivity contribution in [1.29, 1.82) is 0 Å². The molecule has 1 aromatic carbocycles. The van der Waals surface area contributed by atoms with E-state index in [0.29, 0.717) is 24.7 Å². The quantitative estimate of drug-likeness (QED) is 0.705. The zero-order chi connectivity index (χ0) is 18.4. The highest BCUT2D eigenvalue weighted by Crippen LogP contribution is 2.24. The molecule has 3 N–H and O–H groups in total. The van der Waals surface area contributed by atoms with Gasteiger partial charge in [-0.25, -0.2) is 4.79 Å². The van der Waals surface area contributed by atoms with Gasteiger partial charge in [0.25, 0.3) is 0 Å². The number of carbonyl (C=O) groups excluding carboxylic acids is 2. The Morgan fingerprint density at radius 3 is 2.73 bits per heavy atom. The molecule has 2 rings (SSSR count). The summed E-state index contributed by atoms with van der Waals surface area (Å²) < 4.78 is 36.1. The summed E-state index contributed by atoms with van der Waals surface area (Å²) in [5.41, 5.74) is 0.911. The third-order valence-electron chi connectivity index (χ3n) is 3.64. The highest BCUT2D eigenvalue weighted by molar-refractivity contribution is 6.30. The molecule has 1 saturated heterocycles. The zero-order valence-corrected chi connectivity index (χ0v) is 15.2. The maximum atomic E-state index is 12.0. The third-order valence-corrected chi connectivity index (χ3v) is 3.87. The first-order chi connectivity index (χ1) is 11.7. The Hall–Kier alpha value is -1.55. The van der Waals surface area contributed by atoms with Crippen molar-refractivity contribution >= 4 is 35.9 Å². The van der Waals surface area contributed by atoms with Gasteiger partial charge in [-0.1, -0.05) is 23.7 Å². The van der Waals surface area contributed by atoms with E-state index >= 15 is 0 Å². The second-order valence-corrected chi connectivity index (χ2v) is 6.03. The van der Waals surface area contributed by atoms with Crippen molar-refractivity contribution in [2.24, 2.45) is 0 Å². The molecule has 1 aliphatic rings. The van der Waals surface area contributed by atoms with Crippen molar-refractivity contribution in [3.63, 3.8) is 0 Å². The average molecular weight is 415 g/mol. The van der Waals surface area contributed by atoms with Crippen LogP contribution in [-0.4, -0.2) is 55.7 Å². The van der Waals surface area contributed by atoms with Crippen LogP contribution in [0.15, 0.2) is 24.3 Å². The molecule has 0 aromatic heterocycles. The van der Waals surface area contributed by atoms with Gasteiger partial charge in [-0.2, -0.15) is 13.2 Å². The first kappa shape index (κ1) is 22.5. The van der Waals surface area contributed by atoms with Gasteiger partial charge >= 0.3 is 12.2 Å². The SMILES string of the molecule is Cl.O=C(CN1CCNCC1c1cccc(Cl)c1)NC(=O)NCC(F)(F)F. The molecule has 1 aliphatic heterocycles. The van der Waals surface area contributed by atoms with Crippen molar-refractivity contribution < 1.29 is 22.8 Å². The van der Waals surface area contributed by atoms with Gasteiger partial charge in [-0.15, -0.1) is 12.4 Å². The van der Waals surface area contributed by atoms with Crippen molar-refractivity contribution in [2.75, 3.05) is 32.7 Å². The van der Waals surface area contributed by atoms with Gasteiger partial charge in [0.2, 0.25) is 5.91 Å². The minimum Gasteiger partial charge on any atom is -0.329 e. The van der Waals surface area contributed by atoms with Gasteiger partial charge in [0.15, 0.2) is 0 Å². The molecule has 0 bridgehead atoms. The minimum atomic E-state index is -4.53. The number of piperazine rings is 1. The van der Waals surface area contributed by atoms with E-state index in [4.69, 9.17) is 11.6 Å². The molecule has 6 nitrogen and oxygen atoms in total. The molecule has 1 aromatic rings. The maximum absolute atomic E-state index is 12.0. The molecular weight excluding hydrogens is 396 g/mol. The molecule has 1 atom stereocenters. The molecule has 0 saturated carbocycles. The molecule has 26 heavy (non-hydrogen) atoms. The number of benzene rings is 1. The topological polar surface area (TPSA) is 73.5 Å². The van der Waals surface area contributed by atoms with Gasteiger partial charge < -0.3 is 10.6 Å². The lowest BCUT2D eigenvalue weighted by atomic mass is 10.0. The fourth-order valence-electron chi connectivity index (χ4n) is 2.55. The summed E-state index contributed by atoms with van der Waals surface area (Å²) in [4.78, 5) is 25.1. The van der Waals surface area contributed by atoms with Crippen LogP contribution in [0.3, 0.4) is 0 Å². The van der Waals surface area contributed by atoms with Gasteiger partial charge in [0.05, 0.1) is 6.54 Å². The Bertz CT molecular complexity index is 631. The van der Waals surface area contributed by atoms with Crippen LogP contribution in [0.1, 0.15) is 11.6 Å². The Morgan fingerprint density at radius 1 is 1.35 bits per heavy atom.